The van der Waals surface area contributed by atoms with Crippen molar-refractivity contribution in [2.75, 3.05) is 13.1 Å². The Morgan fingerprint density at radius 1 is 1.24 bits per heavy atom. The summed E-state index contributed by atoms with van der Waals surface area (Å²) >= 11 is 0. The molecule has 6 nitrogen and oxygen atoms in total. The average Bonchev–Trinajstić information content (AvgIpc) is 2.80. The van der Waals surface area contributed by atoms with Gasteiger partial charge in [0.15, 0.2) is 6.10 Å². The number of carbonyl (C=O) groups excluding carboxylic acids is 2. The maximum atomic E-state index is 12.4. The van der Waals surface area contributed by atoms with Gasteiger partial charge < -0.3 is 19.2 Å². The molecule has 0 spiro atoms. The van der Waals surface area contributed by atoms with E-state index < -0.39 is 12.1 Å². The van der Waals surface area contributed by atoms with Crippen LogP contribution in [-0.4, -0.2) is 41.1 Å². The van der Waals surface area contributed by atoms with Gasteiger partial charge in [0.2, 0.25) is 0 Å². The molecule has 1 N–H and O–H groups in total. The Kier molecular flexibility index (Phi) is 5.26. The van der Waals surface area contributed by atoms with Gasteiger partial charge in [-0.1, -0.05) is 12.8 Å². The van der Waals surface area contributed by atoms with Crippen LogP contribution in [0, 0.1) is 0 Å². The van der Waals surface area contributed by atoms with Crippen LogP contribution in [-0.2, 0) is 20.7 Å². The quantitative estimate of drug-likeness (QED) is 0.862. The lowest BCUT2D eigenvalue weighted by molar-refractivity contribution is -0.158. The minimum Gasteiger partial charge on any atom is -0.508 e. The zero-order valence-electron chi connectivity index (χ0n) is 14.4. The van der Waals surface area contributed by atoms with E-state index in [0.717, 1.165) is 44.2 Å². The van der Waals surface area contributed by atoms with E-state index in [1.54, 1.807) is 17.9 Å². The number of fused-ring (bicyclic) bond motifs is 1. The fourth-order valence-corrected chi connectivity index (χ4v) is 3.20. The van der Waals surface area contributed by atoms with E-state index in [2.05, 4.69) is 0 Å². The summed E-state index contributed by atoms with van der Waals surface area (Å²) in [4.78, 5) is 26.4. The van der Waals surface area contributed by atoms with Gasteiger partial charge in [-0.3, -0.25) is 9.59 Å². The van der Waals surface area contributed by atoms with E-state index in [9.17, 15) is 14.7 Å². The lowest BCUT2D eigenvalue weighted by atomic mass is 10.1. The van der Waals surface area contributed by atoms with Crippen molar-refractivity contribution in [1.29, 1.82) is 0 Å². The second-order valence-corrected chi connectivity index (χ2v) is 6.49. The summed E-state index contributed by atoms with van der Waals surface area (Å²) in [6.45, 7) is 3.09. The van der Waals surface area contributed by atoms with Crippen molar-refractivity contribution < 1.29 is 23.8 Å². The maximum Gasteiger partial charge on any atom is 0.311 e. The molecule has 0 aliphatic carbocycles. The third-order valence-corrected chi connectivity index (χ3v) is 4.55. The van der Waals surface area contributed by atoms with E-state index in [4.69, 9.17) is 9.15 Å². The van der Waals surface area contributed by atoms with Crippen molar-refractivity contribution in [1.82, 2.24) is 4.90 Å². The predicted octanol–water partition coefficient (Wildman–Crippen LogP) is 3.02. The summed E-state index contributed by atoms with van der Waals surface area (Å²) in [7, 11) is 0. The molecule has 1 aromatic heterocycles. The predicted molar refractivity (Wildman–Crippen MR) is 92.2 cm³/mol. The zero-order valence-corrected chi connectivity index (χ0v) is 14.4. The van der Waals surface area contributed by atoms with E-state index in [1.165, 1.54) is 18.4 Å². The Hall–Kier alpha value is -2.50. The topological polar surface area (TPSA) is 80.0 Å². The molecule has 2 heterocycles. The minimum absolute atomic E-state index is 0.0232. The Balaban J connectivity index is 1.60. The Labute approximate surface area is 146 Å². The number of phenols is 1. The fraction of sp³-hybridized carbons (Fsp3) is 0.474. The van der Waals surface area contributed by atoms with Gasteiger partial charge in [0, 0.05) is 30.1 Å². The van der Waals surface area contributed by atoms with Crippen molar-refractivity contribution in [2.45, 2.75) is 45.1 Å². The second kappa shape index (κ2) is 7.59. The second-order valence-electron chi connectivity index (χ2n) is 6.49. The van der Waals surface area contributed by atoms with Gasteiger partial charge >= 0.3 is 5.97 Å². The van der Waals surface area contributed by atoms with Crippen molar-refractivity contribution in [3.05, 3.63) is 30.0 Å². The molecular weight excluding hydrogens is 322 g/mol. The van der Waals surface area contributed by atoms with Gasteiger partial charge in [0.05, 0.1) is 12.7 Å². The number of amides is 1. The third kappa shape index (κ3) is 4.13. The van der Waals surface area contributed by atoms with Crippen LogP contribution in [0.25, 0.3) is 11.0 Å². The molecule has 25 heavy (non-hydrogen) atoms. The van der Waals surface area contributed by atoms with Gasteiger partial charge in [0.1, 0.15) is 11.3 Å². The lowest BCUT2D eigenvalue weighted by Crippen LogP contribution is -2.40. The summed E-state index contributed by atoms with van der Waals surface area (Å²) in [6.07, 6.45) is 5.00. The molecule has 2 aromatic rings. The average molecular weight is 345 g/mol. The molecule has 0 unspecified atom stereocenters. The fourth-order valence-electron chi connectivity index (χ4n) is 3.20. The molecule has 6 heteroatoms. The van der Waals surface area contributed by atoms with Crippen molar-refractivity contribution >= 4 is 22.8 Å². The zero-order chi connectivity index (χ0) is 17.8. The molecule has 1 aliphatic rings. The number of rotatable bonds is 4. The highest BCUT2D eigenvalue weighted by atomic mass is 16.5. The number of carbonyl (C=O) groups is 2. The number of aromatic hydroxyl groups is 1. The SMILES string of the molecule is C[C@@H](OC(=O)Cc1coc2cc(O)ccc12)C(=O)N1CCCCCC1. The molecule has 3 rings (SSSR count). The Morgan fingerprint density at radius 2 is 1.96 bits per heavy atom. The standard InChI is InChI=1S/C19H23NO5/c1-13(19(23)20-8-4-2-3-5-9-20)25-18(22)10-14-12-24-17-11-15(21)6-7-16(14)17/h6-7,11-13,21H,2-5,8-10H2,1H3/t13-/m1/s1. The van der Waals surface area contributed by atoms with Crippen LogP contribution in [0.2, 0.25) is 0 Å². The monoisotopic (exact) mass is 345 g/mol. The number of esters is 1. The number of furan rings is 1. The smallest absolute Gasteiger partial charge is 0.311 e. The van der Waals surface area contributed by atoms with Crippen molar-refractivity contribution in [3.8, 4) is 5.75 Å². The number of hydrogen-bond acceptors (Lipinski definition) is 5. The number of ether oxygens (including phenoxy) is 1. The van der Waals surface area contributed by atoms with E-state index in [1.807, 2.05) is 0 Å². The van der Waals surface area contributed by atoms with Gasteiger partial charge in [-0.05, 0) is 31.9 Å². The summed E-state index contributed by atoms with van der Waals surface area (Å²) in [5.41, 5.74) is 1.19. The molecule has 1 aliphatic heterocycles. The van der Waals surface area contributed by atoms with Gasteiger partial charge in [-0.25, -0.2) is 0 Å². The summed E-state index contributed by atoms with van der Waals surface area (Å²) in [6, 6.07) is 4.73. The molecule has 0 saturated carbocycles. The number of likely N-dealkylation sites (tertiary alicyclic amines) is 1. The summed E-state index contributed by atoms with van der Waals surface area (Å²) < 4.78 is 10.7. The Bertz CT molecular complexity index is 758. The van der Waals surface area contributed by atoms with Crippen LogP contribution in [0.1, 0.15) is 38.2 Å². The molecule has 0 bridgehead atoms. The van der Waals surface area contributed by atoms with Crippen LogP contribution < -0.4 is 0 Å². The third-order valence-electron chi connectivity index (χ3n) is 4.55. The highest BCUT2D eigenvalue weighted by molar-refractivity contribution is 5.88. The van der Waals surface area contributed by atoms with Crippen LogP contribution >= 0.6 is 0 Å². The minimum atomic E-state index is -0.784. The van der Waals surface area contributed by atoms with E-state index in [-0.39, 0.29) is 18.1 Å². The largest absolute Gasteiger partial charge is 0.508 e. The molecule has 1 amide bonds. The van der Waals surface area contributed by atoms with Crippen molar-refractivity contribution in [3.63, 3.8) is 0 Å². The van der Waals surface area contributed by atoms with Gasteiger partial charge in [0.25, 0.3) is 5.91 Å². The van der Waals surface area contributed by atoms with Gasteiger partial charge in [-0.15, -0.1) is 0 Å². The molecule has 1 saturated heterocycles. The molecule has 0 radical (unpaired) electrons. The first-order valence-electron chi connectivity index (χ1n) is 8.72. The van der Waals surface area contributed by atoms with Crippen LogP contribution in [0.3, 0.4) is 0 Å². The number of nitrogens with zero attached hydrogens (tertiary/aromatic N) is 1. The van der Waals surface area contributed by atoms with Crippen molar-refractivity contribution in [2.24, 2.45) is 0 Å². The molecule has 1 aromatic carbocycles. The first-order valence-corrected chi connectivity index (χ1v) is 8.72. The van der Waals surface area contributed by atoms with Crippen LogP contribution in [0.5, 0.6) is 5.75 Å². The molecular formula is C19H23NO5. The van der Waals surface area contributed by atoms with Crippen LogP contribution in [0.15, 0.2) is 28.9 Å². The number of benzene rings is 1. The molecule has 1 atom stereocenters. The number of phenolic OH excluding ortho intramolecular Hbond substituents is 1. The Morgan fingerprint density at radius 3 is 2.68 bits per heavy atom. The number of hydrogen-bond donors (Lipinski definition) is 1. The first-order chi connectivity index (χ1) is 12.0. The van der Waals surface area contributed by atoms with E-state index >= 15 is 0 Å². The highest BCUT2D eigenvalue weighted by Gasteiger charge is 2.25. The highest BCUT2D eigenvalue weighted by Crippen LogP contribution is 2.25. The summed E-state index contributed by atoms with van der Waals surface area (Å²) in [5.74, 6) is -0.490. The maximum absolute atomic E-state index is 12.4. The normalized spacial score (nSPS) is 16.4. The lowest BCUT2D eigenvalue weighted by Gasteiger charge is -2.23. The molecule has 134 valence electrons. The van der Waals surface area contributed by atoms with Crippen LogP contribution in [0.4, 0.5) is 0 Å². The summed E-state index contributed by atoms with van der Waals surface area (Å²) in [5, 5.41) is 10.2. The van der Waals surface area contributed by atoms with E-state index in [0.29, 0.717) is 11.1 Å². The molecule has 1 fully saturated rings. The van der Waals surface area contributed by atoms with Gasteiger partial charge in [-0.2, -0.15) is 0 Å². The first kappa shape index (κ1) is 17.3.